The molecule has 0 saturated heterocycles. The molecule has 0 aliphatic heterocycles. The van der Waals surface area contributed by atoms with E-state index in [2.05, 4.69) is 71.7 Å². The van der Waals surface area contributed by atoms with Gasteiger partial charge < -0.3 is 15.5 Å². The van der Waals surface area contributed by atoms with Crippen LogP contribution in [0.1, 0.15) is 18.7 Å². The van der Waals surface area contributed by atoms with Gasteiger partial charge >= 0.3 is 0 Å². The first-order chi connectivity index (χ1) is 10.2. The Morgan fingerprint density at radius 1 is 1.19 bits per heavy atom. The zero-order chi connectivity index (χ0) is 15.2. The lowest BCUT2D eigenvalue weighted by molar-refractivity contribution is 0.813. The van der Waals surface area contributed by atoms with Crippen LogP contribution >= 0.6 is 27.3 Å². The molecule has 0 radical (unpaired) electrons. The lowest BCUT2D eigenvalue weighted by Gasteiger charge is -2.19. The molecule has 0 spiro atoms. The second-order valence-electron chi connectivity index (χ2n) is 4.29. The molecule has 2 N–H and O–H groups in total. The van der Waals surface area contributed by atoms with Gasteiger partial charge in [-0.05, 0) is 35.8 Å². The van der Waals surface area contributed by atoms with Crippen LogP contribution in [-0.4, -0.2) is 35.1 Å². The lowest BCUT2D eigenvalue weighted by atomic mass is 10.5. The van der Waals surface area contributed by atoms with E-state index in [4.69, 9.17) is 0 Å². The van der Waals surface area contributed by atoms with E-state index in [1.165, 1.54) is 4.88 Å². The molecule has 21 heavy (non-hydrogen) atoms. The van der Waals surface area contributed by atoms with E-state index < -0.39 is 0 Å². The molecule has 6 nitrogen and oxygen atoms in total. The fourth-order valence-corrected chi connectivity index (χ4v) is 3.21. The Morgan fingerprint density at radius 3 is 2.48 bits per heavy atom. The predicted molar refractivity (Wildman–Crippen MR) is 92.3 cm³/mol. The van der Waals surface area contributed by atoms with E-state index in [9.17, 15) is 0 Å². The summed E-state index contributed by atoms with van der Waals surface area (Å²) in [6.07, 6.45) is 0. The summed E-state index contributed by atoms with van der Waals surface area (Å²) < 4.78 is 1.10. The third-order valence-corrected chi connectivity index (χ3v) is 4.63. The molecular formula is C13H19BrN6S. The van der Waals surface area contributed by atoms with Crippen LogP contribution < -0.4 is 15.5 Å². The average molecular weight is 371 g/mol. The fourth-order valence-electron chi connectivity index (χ4n) is 1.82. The Morgan fingerprint density at radius 2 is 1.90 bits per heavy atom. The summed E-state index contributed by atoms with van der Waals surface area (Å²) >= 11 is 5.15. The summed E-state index contributed by atoms with van der Waals surface area (Å²) in [5.74, 6) is 1.84. The minimum atomic E-state index is 0.571. The van der Waals surface area contributed by atoms with Crippen molar-refractivity contribution in [3.8, 4) is 0 Å². The van der Waals surface area contributed by atoms with Crippen LogP contribution in [0.4, 0.5) is 17.8 Å². The number of thiophene rings is 1. The van der Waals surface area contributed by atoms with Crippen molar-refractivity contribution in [3.63, 3.8) is 0 Å². The maximum atomic E-state index is 4.49. The van der Waals surface area contributed by atoms with Crippen molar-refractivity contribution >= 4 is 45.1 Å². The lowest BCUT2D eigenvalue weighted by Crippen LogP contribution is -2.25. The van der Waals surface area contributed by atoms with Gasteiger partial charge in [0.1, 0.15) is 0 Å². The van der Waals surface area contributed by atoms with Gasteiger partial charge in [0.05, 0.1) is 6.54 Å². The average Bonchev–Trinajstić information content (AvgIpc) is 2.92. The predicted octanol–water partition coefficient (Wildman–Crippen LogP) is 3.20. The van der Waals surface area contributed by atoms with E-state index >= 15 is 0 Å². The molecule has 0 aromatic carbocycles. The van der Waals surface area contributed by atoms with Crippen molar-refractivity contribution < 1.29 is 0 Å². The molecule has 0 aliphatic carbocycles. The molecule has 2 rings (SSSR count). The van der Waals surface area contributed by atoms with Crippen molar-refractivity contribution in [1.29, 1.82) is 0 Å². The normalized spacial score (nSPS) is 10.5. The molecule has 0 fully saturated rings. The third-order valence-electron chi connectivity index (χ3n) is 2.94. The molecule has 2 heterocycles. The first kappa shape index (κ1) is 16.0. The second kappa shape index (κ2) is 7.56. The molecule has 0 amide bonds. The molecule has 114 valence electrons. The first-order valence-corrected chi connectivity index (χ1v) is 8.49. The van der Waals surface area contributed by atoms with Gasteiger partial charge in [0.25, 0.3) is 0 Å². The number of nitrogens with one attached hydrogen (secondary N) is 2. The highest BCUT2D eigenvalue weighted by Crippen LogP contribution is 2.21. The maximum Gasteiger partial charge on any atom is 0.231 e. The summed E-state index contributed by atoms with van der Waals surface area (Å²) in [5, 5.41) is 8.29. The summed E-state index contributed by atoms with van der Waals surface area (Å²) in [6, 6.07) is 2.09. The van der Waals surface area contributed by atoms with Crippen LogP contribution in [0, 0.1) is 0 Å². The van der Waals surface area contributed by atoms with E-state index in [0.29, 0.717) is 24.4 Å². The van der Waals surface area contributed by atoms with Gasteiger partial charge in [-0.1, -0.05) is 0 Å². The van der Waals surface area contributed by atoms with Crippen LogP contribution in [-0.2, 0) is 6.54 Å². The SMILES string of the molecule is CCN(CC)c1nc(NC)nc(NCc2cc(Br)cs2)n1. The maximum absolute atomic E-state index is 4.49. The summed E-state index contributed by atoms with van der Waals surface area (Å²) in [7, 11) is 1.81. The Labute approximate surface area is 137 Å². The number of hydrogen-bond donors (Lipinski definition) is 2. The van der Waals surface area contributed by atoms with Crippen LogP contribution in [0.15, 0.2) is 15.9 Å². The molecule has 0 aliphatic rings. The van der Waals surface area contributed by atoms with Crippen LogP contribution in [0.2, 0.25) is 0 Å². The van der Waals surface area contributed by atoms with Gasteiger partial charge in [0, 0.05) is 34.9 Å². The van der Waals surface area contributed by atoms with Gasteiger partial charge in [0.2, 0.25) is 17.8 Å². The highest BCUT2D eigenvalue weighted by molar-refractivity contribution is 9.10. The minimum absolute atomic E-state index is 0.571. The zero-order valence-corrected chi connectivity index (χ0v) is 14.8. The Hall–Kier alpha value is -1.41. The number of hydrogen-bond acceptors (Lipinski definition) is 7. The summed E-state index contributed by atoms with van der Waals surface area (Å²) in [4.78, 5) is 16.6. The van der Waals surface area contributed by atoms with Crippen LogP contribution in [0.3, 0.4) is 0 Å². The van der Waals surface area contributed by atoms with E-state index in [1.807, 2.05) is 7.05 Å². The number of rotatable bonds is 7. The third kappa shape index (κ3) is 4.28. The quantitative estimate of drug-likeness (QED) is 0.779. The van der Waals surface area contributed by atoms with Crippen LogP contribution in [0.25, 0.3) is 0 Å². The summed E-state index contributed by atoms with van der Waals surface area (Å²) in [5.41, 5.74) is 0. The largest absolute Gasteiger partial charge is 0.357 e. The van der Waals surface area contributed by atoms with Crippen molar-refractivity contribution in [2.24, 2.45) is 0 Å². The molecular weight excluding hydrogens is 352 g/mol. The van der Waals surface area contributed by atoms with Gasteiger partial charge in [-0.25, -0.2) is 0 Å². The molecule has 0 unspecified atom stereocenters. The highest BCUT2D eigenvalue weighted by Gasteiger charge is 2.10. The highest BCUT2D eigenvalue weighted by atomic mass is 79.9. The van der Waals surface area contributed by atoms with Gasteiger partial charge in [-0.15, -0.1) is 11.3 Å². The van der Waals surface area contributed by atoms with Crippen molar-refractivity contribution in [1.82, 2.24) is 15.0 Å². The van der Waals surface area contributed by atoms with E-state index in [0.717, 1.165) is 17.6 Å². The first-order valence-electron chi connectivity index (χ1n) is 6.81. The zero-order valence-electron chi connectivity index (χ0n) is 12.4. The number of halogens is 1. The van der Waals surface area contributed by atoms with Crippen LogP contribution in [0.5, 0.6) is 0 Å². The Kier molecular flexibility index (Phi) is 5.75. The van der Waals surface area contributed by atoms with Gasteiger partial charge in [-0.2, -0.15) is 15.0 Å². The molecule has 0 saturated carbocycles. The van der Waals surface area contributed by atoms with Crippen molar-refractivity contribution in [2.45, 2.75) is 20.4 Å². The van der Waals surface area contributed by atoms with Crippen molar-refractivity contribution in [3.05, 3.63) is 20.8 Å². The Bertz CT molecular complexity index is 584. The van der Waals surface area contributed by atoms with Gasteiger partial charge in [-0.3, -0.25) is 0 Å². The number of anilines is 3. The van der Waals surface area contributed by atoms with Crippen molar-refractivity contribution in [2.75, 3.05) is 35.7 Å². The second-order valence-corrected chi connectivity index (χ2v) is 6.20. The molecule has 8 heteroatoms. The summed E-state index contributed by atoms with van der Waals surface area (Å²) in [6.45, 7) is 6.59. The van der Waals surface area contributed by atoms with E-state index in [-0.39, 0.29) is 0 Å². The smallest absolute Gasteiger partial charge is 0.231 e. The molecule has 0 atom stereocenters. The topological polar surface area (TPSA) is 66.0 Å². The monoisotopic (exact) mass is 370 g/mol. The number of aromatic nitrogens is 3. The van der Waals surface area contributed by atoms with Gasteiger partial charge in [0.15, 0.2) is 0 Å². The van der Waals surface area contributed by atoms with E-state index in [1.54, 1.807) is 11.3 Å². The fraction of sp³-hybridized carbons (Fsp3) is 0.462. The minimum Gasteiger partial charge on any atom is -0.357 e. The molecule has 0 bridgehead atoms. The molecule has 2 aromatic rings. The molecule has 2 aromatic heterocycles. The Balaban J connectivity index is 2.16. The standard InChI is InChI=1S/C13H19BrN6S/c1-4-20(5-2)13-18-11(15-3)17-12(19-13)16-7-10-6-9(14)8-21-10/h6,8H,4-5,7H2,1-3H3,(H2,15,16,17,18,19). The number of nitrogens with zero attached hydrogens (tertiary/aromatic N) is 4.